The predicted molar refractivity (Wildman–Crippen MR) is 115 cm³/mol. The van der Waals surface area contributed by atoms with Crippen LogP contribution in [0.2, 0.25) is 0 Å². The Hall–Kier alpha value is -2.43. The molecule has 3 rings (SSSR count). The first kappa shape index (κ1) is 20.3. The molecule has 4 nitrogen and oxygen atoms in total. The molecule has 2 N–H and O–H groups in total. The number of aromatic nitrogens is 2. The Morgan fingerprint density at radius 2 is 1.75 bits per heavy atom. The second-order valence-corrected chi connectivity index (χ2v) is 7.60. The van der Waals surface area contributed by atoms with Crippen LogP contribution in [0, 0.1) is 13.8 Å². The summed E-state index contributed by atoms with van der Waals surface area (Å²) in [6.45, 7) is 8.98. The molecule has 0 aliphatic carbocycles. The van der Waals surface area contributed by atoms with Crippen LogP contribution in [0.15, 0.2) is 54.7 Å². The number of nitrogens with zero attached hydrogens (tertiary/aromatic N) is 2. The highest BCUT2D eigenvalue weighted by Gasteiger charge is 2.12. The largest absolute Gasteiger partial charge is 0.387 e. The zero-order chi connectivity index (χ0) is 20.1. The van der Waals surface area contributed by atoms with Gasteiger partial charge in [0.15, 0.2) is 0 Å². The third-order valence-corrected chi connectivity index (χ3v) is 5.26. The highest BCUT2D eigenvalue weighted by molar-refractivity contribution is 5.33. The summed E-state index contributed by atoms with van der Waals surface area (Å²) in [7, 11) is 0. The fourth-order valence-electron chi connectivity index (χ4n) is 3.59. The minimum absolute atomic E-state index is 0.291. The van der Waals surface area contributed by atoms with E-state index < -0.39 is 6.10 Å². The van der Waals surface area contributed by atoms with Crippen molar-refractivity contribution in [3.63, 3.8) is 0 Å². The van der Waals surface area contributed by atoms with Crippen molar-refractivity contribution in [2.45, 2.75) is 52.7 Å². The smallest absolute Gasteiger partial charge is 0.136 e. The van der Waals surface area contributed by atoms with E-state index in [1.807, 2.05) is 12.1 Å². The fraction of sp³-hybridized carbons (Fsp3) is 0.375. The SMILES string of the molecule is CCc1cccc(CC(C)NCC(O)c2ccc(-n3c(C)ccc3C)nc2)c1. The molecule has 2 atom stereocenters. The summed E-state index contributed by atoms with van der Waals surface area (Å²) < 4.78 is 2.11. The van der Waals surface area contributed by atoms with Gasteiger partial charge in [0.1, 0.15) is 5.82 Å². The lowest BCUT2D eigenvalue weighted by atomic mass is 10.0. The molecule has 4 heteroatoms. The number of nitrogens with one attached hydrogen (secondary N) is 1. The highest BCUT2D eigenvalue weighted by Crippen LogP contribution is 2.17. The Morgan fingerprint density at radius 1 is 1.04 bits per heavy atom. The van der Waals surface area contributed by atoms with E-state index in [-0.39, 0.29) is 0 Å². The van der Waals surface area contributed by atoms with Gasteiger partial charge < -0.3 is 15.0 Å². The standard InChI is InChI=1S/C24H31N3O/c1-5-20-7-6-8-21(14-20)13-17(2)25-16-23(28)22-11-12-24(26-15-22)27-18(3)9-10-19(27)4/h6-12,14-15,17,23,25,28H,5,13,16H2,1-4H3. The molecule has 3 aromatic rings. The van der Waals surface area contributed by atoms with Crippen LogP contribution in [0.25, 0.3) is 5.82 Å². The van der Waals surface area contributed by atoms with Gasteiger partial charge in [0.05, 0.1) is 6.10 Å². The molecule has 0 saturated heterocycles. The Morgan fingerprint density at radius 3 is 2.39 bits per heavy atom. The number of hydrogen-bond acceptors (Lipinski definition) is 3. The summed E-state index contributed by atoms with van der Waals surface area (Å²) in [5.41, 5.74) is 5.84. The number of aliphatic hydroxyl groups is 1. The molecule has 0 amide bonds. The molecule has 0 spiro atoms. The number of benzene rings is 1. The minimum Gasteiger partial charge on any atom is -0.387 e. The van der Waals surface area contributed by atoms with E-state index >= 15 is 0 Å². The number of hydrogen-bond donors (Lipinski definition) is 2. The van der Waals surface area contributed by atoms with Crippen molar-refractivity contribution >= 4 is 0 Å². The first-order valence-electron chi connectivity index (χ1n) is 10.1. The predicted octanol–water partition coefficient (Wildman–Crippen LogP) is 4.31. The lowest BCUT2D eigenvalue weighted by Gasteiger charge is -2.18. The second-order valence-electron chi connectivity index (χ2n) is 7.60. The van der Waals surface area contributed by atoms with Crippen molar-refractivity contribution in [1.82, 2.24) is 14.9 Å². The molecule has 0 radical (unpaired) electrons. The molecule has 2 aromatic heterocycles. The van der Waals surface area contributed by atoms with E-state index in [0.717, 1.165) is 35.6 Å². The summed E-state index contributed by atoms with van der Waals surface area (Å²) in [5, 5.41) is 14.0. The van der Waals surface area contributed by atoms with Gasteiger partial charge in [-0.15, -0.1) is 0 Å². The van der Waals surface area contributed by atoms with E-state index in [1.165, 1.54) is 11.1 Å². The van der Waals surface area contributed by atoms with Gasteiger partial charge in [-0.3, -0.25) is 0 Å². The van der Waals surface area contributed by atoms with Crippen LogP contribution in [-0.4, -0.2) is 27.2 Å². The van der Waals surface area contributed by atoms with Gasteiger partial charge >= 0.3 is 0 Å². The van der Waals surface area contributed by atoms with Crippen molar-refractivity contribution in [1.29, 1.82) is 0 Å². The summed E-state index contributed by atoms with van der Waals surface area (Å²) in [6.07, 6.45) is 3.21. The molecule has 2 unspecified atom stereocenters. The van der Waals surface area contributed by atoms with Crippen LogP contribution in [0.3, 0.4) is 0 Å². The first-order chi connectivity index (χ1) is 13.5. The first-order valence-corrected chi connectivity index (χ1v) is 10.1. The molecule has 0 bridgehead atoms. The third kappa shape index (κ3) is 4.89. The van der Waals surface area contributed by atoms with Crippen LogP contribution < -0.4 is 5.32 Å². The van der Waals surface area contributed by atoms with Crippen LogP contribution in [0.5, 0.6) is 0 Å². The van der Waals surface area contributed by atoms with Gasteiger partial charge in [0, 0.05) is 35.7 Å². The van der Waals surface area contributed by atoms with Crippen LogP contribution in [0.4, 0.5) is 0 Å². The molecular weight excluding hydrogens is 346 g/mol. The maximum atomic E-state index is 10.5. The lowest BCUT2D eigenvalue weighted by Crippen LogP contribution is -2.32. The minimum atomic E-state index is -0.571. The molecule has 0 aliphatic heterocycles. The molecule has 0 aliphatic rings. The summed E-state index contributed by atoms with van der Waals surface area (Å²) >= 11 is 0. The molecule has 2 heterocycles. The molecule has 0 saturated carbocycles. The van der Waals surface area contributed by atoms with Crippen molar-refractivity contribution in [3.05, 3.63) is 82.8 Å². The van der Waals surface area contributed by atoms with Crippen LogP contribution in [0.1, 0.15) is 48.0 Å². The number of aryl methyl sites for hydroxylation is 3. The fourth-order valence-corrected chi connectivity index (χ4v) is 3.59. The van der Waals surface area contributed by atoms with E-state index in [9.17, 15) is 5.11 Å². The van der Waals surface area contributed by atoms with Gasteiger partial charge in [-0.05, 0) is 62.9 Å². The lowest BCUT2D eigenvalue weighted by molar-refractivity contribution is 0.170. The van der Waals surface area contributed by atoms with Crippen molar-refractivity contribution < 1.29 is 5.11 Å². The number of aliphatic hydroxyl groups excluding tert-OH is 1. The summed E-state index contributed by atoms with van der Waals surface area (Å²) in [5.74, 6) is 0.882. The van der Waals surface area contributed by atoms with Crippen LogP contribution in [-0.2, 0) is 12.8 Å². The average Bonchev–Trinajstić information content (AvgIpc) is 3.04. The van der Waals surface area contributed by atoms with E-state index in [0.29, 0.717) is 12.6 Å². The molecule has 148 valence electrons. The normalized spacial score (nSPS) is 13.5. The van der Waals surface area contributed by atoms with Crippen LogP contribution >= 0.6 is 0 Å². The maximum absolute atomic E-state index is 10.5. The third-order valence-electron chi connectivity index (χ3n) is 5.26. The van der Waals surface area contributed by atoms with Gasteiger partial charge in [-0.1, -0.05) is 37.3 Å². The molecule has 0 fully saturated rings. The van der Waals surface area contributed by atoms with Crippen molar-refractivity contribution in [3.8, 4) is 5.82 Å². The van der Waals surface area contributed by atoms with E-state index in [1.54, 1.807) is 6.20 Å². The zero-order valence-corrected chi connectivity index (χ0v) is 17.3. The second kappa shape index (κ2) is 9.18. The van der Waals surface area contributed by atoms with Crippen molar-refractivity contribution in [2.24, 2.45) is 0 Å². The van der Waals surface area contributed by atoms with Gasteiger partial charge in [-0.2, -0.15) is 0 Å². The van der Waals surface area contributed by atoms with Gasteiger partial charge in [0.2, 0.25) is 0 Å². The Labute approximate surface area is 168 Å². The van der Waals surface area contributed by atoms with Gasteiger partial charge in [-0.25, -0.2) is 4.98 Å². The maximum Gasteiger partial charge on any atom is 0.136 e. The monoisotopic (exact) mass is 377 g/mol. The van der Waals surface area contributed by atoms with E-state index in [2.05, 4.69) is 79.0 Å². The van der Waals surface area contributed by atoms with Gasteiger partial charge in [0.25, 0.3) is 0 Å². The molecule has 28 heavy (non-hydrogen) atoms. The summed E-state index contributed by atoms with van der Waals surface area (Å²) in [6, 6.07) is 17.1. The Kier molecular flexibility index (Phi) is 6.65. The zero-order valence-electron chi connectivity index (χ0n) is 17.3. The topological polar surface area (TPSA) is 50.1 Å². The van der Waals surface area contributed by atoms with Crippen molar-refractivity contribution in [2.75, 3.05) is 6.54 Å². The number of pyridine rings is 1. The highest BCUT2D eigenvalue weighted by atomic mass is 16.3. The van der Waals surface area contributed by atoms with E-state index in [4.69, 9.17) is 0 Å². The number of rotatable bonds is 8. The average molecular weight is 378 g/mol. The quantitative estimate of drug-likeness (QED) is 0.615. The Balaban J connectivity index is 1.56. The molecular formula is C24H31N3O. The molecule has 1 aromatic carbocycles. The Bertz CT molecular complexity index is 879. The summed E-state index contributed by atoms with van der Waals surface area (Å²) in [4.78, 5) is 4.55.